The molecule has 2 heterocycles. The van der Waals surface area contributed by atoms with E-state index in [1.807, 2.05) is 47.8 Å². The Morgan fingerprint density at radius 2 is 1.78 bits per heavy atom. The number of nitrogens with one attached hydrogen (secondary N) is 2. The van der Waals surface area contributed by atoms with Crippen LogP contribution in [0.5, 0.6) is 0 Å². The van der Waals surface area contributed by atoms with Gasteiger partial charge in [-0.2, -0.15) is 0 Å². The SMILES string of the molecule is O=C(NCc1cccs1)C(=O)NCC(O)(c1ccccc1)C1CCOCC1. The standard InChI is InChI=1S/C20H24N2O4S/c23-18(21-13-17-7-4-12-27-17)19(24)22-14-20(25,15-5-2-1-3-6-15)16-8-10-26-11-9-16/h1-7,12,16,25H,8-11,13-14H2,(H,21,23)(H,22,24). The molecule has 7 heteroatoms. The molecule has 0 aliphatic carbocycles. The fraction of sp³-hybridized carbons (Fsp3) is 0.400. The lowest BCUT2D eigenvalue weighted by atomic mass is 9.77. The molecule has 0 saturated carbocycles. The summed E-state index contributed by atoms with van der Waals surface area (Å²) in [5.41, 5.74) is -0.509. The smallest absolute Gasteiger partial charge is 0.309 e. The van der Waals surface area contributed by atoms with Crippen molar-refractivity contribution >= 4 is 23.2 Å². The molecule has 144 valence electrons. The first-order chi connectivity index (χ1) is 13.1. The molecular formula is C20H24N2O4S. The lowest BCUT2D eigenvalue weighted by Gasteiger charge is -2.39. The molecular weight excluding hydrogens is 364 g/mol. The maximum absolute atomic E-state index is 12.2. The van der Waals surface area contributed by atoms with Gasteiger partial charge in [0.25, 0.3) is 0 Å². The van der Waals surface area contributed by atoms with E-state index in [-0.39, 0.29) is 12.5 Å². The number of aliphatic hydroxyl groups is 1. The first-order valence-electron chi connectivity index (χ1n) is 9.03. The van der Waals surface area contributed by atoms with Crippen LogP contribution in [0.2, 0.25) is 0 Å². The van der Waals surface area contributed by atoms with Gasteiger partial charge >= 0.3 is 11.8 Å². The highest BCUT2D eigenvalue weighted by molar-refractivity contribution is 7.09. The van der Waals surface area contributed by atoms with Crippen molar-refractivity contribution in [1.82, 2.24) is 10.6 Å². The molecule has 1 aliphatic heterocycles. The van der Waals surface area contributed by atoms with E-state index in [1.54, 1.807) is 0 Å². The van der Waals surface area contributed by atoms with E-state index in [1.165, 1.54) is 11.3 Å². The van der Waals surface area contributed by atoms with Crippen molar-refractivity contribution in [3.63, 3.8) is 0 Å². The molecule has 6 nitrogen and oxygen atoms in total. The highest BCUT2D eigenvalue weighted by Gasteiger charge is 2.39. The van der Waals surface area contributed by atoms with Crippen LogP contribution >= 0.6 is 11.3 Å². The number of carbonyl (C=O) groups is 2. The molecule has 0 radical (unpaired) electrons. The maximum Gasteiger partial charge on any atom is 0.309 e. The maximum atomic E-state index is 12.2. The number of carbonyl (C=O) groups excluding carboxylic acids is 2. The van der Waals surface area contributed by atoms with Crippen LogP contribution < -0.4 is 10.6 Å². The number of hydrogen-bond acceptors (Lipinski definition) is 5. The lowest BCUT2D eigenvalue weighted by molar-refractivity contribution is -0.140. The van der Waals surface area contributed by atoms with Crippen LogP contribution in [0.1, 0.15) is 23.3 Å². The third-order valence-corrected chi connectivity index (χ3v) is 5.77. The van der Waals surface area contributed by atoms with Gasteiger partial charge < -0.3 is 20.5 Å². The average molecular weight is 388 g/mol. The minimum atomic E-state index is -1.24. The number of thiophene rings is 1. The van der Waals surface area contributed by atoms with E-state index < -0.39 is 17.4 Å². The molecule has 1 unspecified atom stereocenters. The molecule has 1 saturated heterocycles. The Morgan fingerprint density at radius 3 is 2.44 bits per heavy atom. The molecule has 1 aliphatic rings. The molecule has 0 spiro atoms. The monoisotopic (exact) mass is 388 g/mol. The summed E-state index contributed by atoms with van der Waals surface area (Å²) in [6.45, 7) is 1.45. The summed E-state index contributed by atoms with van der Waals surface area (Å²) >= 11 is 1.51. The van der Waals surface area contributed by atoms with E-state index in [4.69, 9.17) is 4.74 Å². The molecule has 3 rings (SSSR count). The second-order valence-electron chi connectivity index (χ2n) is 6.62. The predicted octanol–water partition coefficient (Wildman–Crippen LogP) is 1.79. The lowest BCUT2D eigenvalue weighted by Crippen LogP contribution is -2.50. The predicted molar refractivity (Wildman–Crippen MR) is 103 cm³/mol. The first kappa shape index (κ1) is 19.5. The molecule has 1 aromatic heterocycles. The minimum absolute atomic E-state index is 0.0209. The van der Waals surface area contributed by atoms with Gasteiger partial charge in [-0.25, -0.2) is 0 Å². The number of benzene rings is 1. The summed E-state index contributed by atoms with van der Waals surface area (Å²) in [7, 11) is 0. The van der Waals surface area contributed by atoms with Crippen LogP contribution in [0, 0.1) is 5.92 Å². The van der Waals surface area contributed by atoms with Crippen molar-refractivity contribution < 1.29 is 19.4 Å². The van der Waals surface area contributed by atoms with Gasteiger partial charge in [0.2, 0.25) is 0 Å². The van der Waals surface area contributed by atoms with E-state index in [9.17, 15) is 14.7 Å². The van der Waals surface area contributed by atoms with Crippen LogP contribution in [0.15, 0.2) is 47.8 Å². The number of hydrogen-bond donors (Lipinski definition) is 3. The largest absolute Gasteiger partial charge is 0.383 e. The highest BCUT2D eigenvalue weighted by atomic mass is 32.1. The van der Waals surface area contributed by atoms with Crippen LogP contribution in [0.4, 0.5) is 0 Å². The normalized spacial score (nSPS) is 17.1. The summed E-state index contributed by atoms with van der Waals surface area (Å²) in [6.07, 6.45) is 1.40. The van der Waals surface area contributed by atoms with Gasteiger partial charge in [-0.1, -0.05) is 36.4 Å². The van der Waals surface area contributed by atoms with Crippen LogP contribution in [0.3, 0.4) is 0 Å². The summed E-state index contributed by atoms with van der Waals surface area (Å²) in [5.74, 6) is -1.50. The zero-order valence-electron chi connectivity index (χ0n) is 15.0. The zero-order valence-corrected chi connectivity index (χ0v) is 15.8. The number of rotatable bonds is 6. The highest BCUT2D eigenvalue weighted by Crippen LogP contribution is 2.35. The zero-order chi connectivity index (χ0) is 19.1. The first-order valence-corrected chi connectivity index (χ1v) is 9.91. The summed E-state index contributed by atoms with van der Waals surface area (Å²) in [4.78, 5) is 25.2. The van der Waals surface area contributed by atoms with E-state index in [0.717, 1.165) is 10.4 Å². The molecule has 0 bridgehead atoms. The Hall–Kier alpha value is -2.22. The van der Waals surface area contributed by atoms with Crippen molar-refractivity contribution in [3.05, 3.63) is 58.3 Å². The average Bonchev–Trinajstić information content (AvgIpc) is 3.25. The molecule has 2 amide bonds. The molecule has 1 fully saturated rings. The van der Waals surface area contributed by atoms with Gasteiger partial charge in [-0.3, -0.25) is 9.59 Å². The molecule has 1 aromatic carbocycles. The molecule has 2 aromatic rings. The van der Waals surface area contributed by atoms with Gasteiger partial charge in [0.1, 0.15) is 5.60 Å². The third-order valence-electron chi connectivity index (χ3n) is 4.90. The van der Waals surface area contributed by atoms with Gasteiger partial charge in [0.15, 0.2) is 0 Å². The van der Waals surface area contributed by atoms with Gasteiger partial charge in [0.05, 0.1) is 13.1 Å². The van der Waals surface area contributed by atoms with Gasteiger partial charge in [-0.15, -0.1) is 11.3 Å². The van der Waals surface area contributed by atoms with Crippen molar-refractivity contribution in [2.75, 3.05) is 19.8 Å². The van der Waals surface area contributed by atoms with E-state index >= 15 is 0 Å². The number of ether oxygens (including phenoxy) is 1. The van der Waals surface area contributed by atoms with Crippen LogP contribution in [0.25, 0.3) is 0 Å². The fourth-order valence-electron chi connectivity index (χ4n) is 3.34. The second kappa shape index (κ2) is 9.12. The van der Waals surface area contributed by atoms with Crippen molar-refractivity contribution in [2.24, 2.45) is 5.92 Å². The molecule has 3 N–H and O–H groups in total. The Labute approximate surface area is 162 Å². The molecule has 27 heavy (non-hydrogen) atoms. The Bertz CT molecular complexity index is 745. The number of amides is 2. The van der Waals surface area contributed by atoms with Gasteiger partial charge in [0, 0.05) is 18.1 Å². The topological polar surface area (TPSA) is 87.7 Å². The van der Waals surface area contributed by atoms with E-state index in [0.29, 0.717) is 32.6 Å². The van der Waals surface area contributed by atoms with Crippen LogP contribution in [-0.2, 0) is 26.5 Å². The van der Waals surface area contributed by atoms with Crippen molar-refractivity contribution in [2.45, 2.75) is 25.0 Å². The van der Waals surface area contributed by atoms with E-state index in [2.05, 4.69) is 10.6 Å². The Balaban J connectivity index is 1.63. The quantitative estimate of drug-likeness (QED) is 0.659. The summed E-state index contributed by atoms with van der Waals surface area (Å²) in [6, 6.07) is 13.1. The third kappa shape index (κ3) is 4.94. The molecule has 1 atom stereocenters. The van der Waals surface area contributed by atoms with Crippen molar-refractivity contribution in [1.29, 1.82) is 0 Å². The Morgan fingerprint density at radius 1 is 1.07 bits per heavy atom. The van der Waals surface area contributed by atoms with Crippen molar-refractivity contribution in [3.8, 4) is 0 Å². The second-order valence-corrected chi connectivity index (χ2v) is 7.65. The van der Waals surface area contributed by atoms with Crippen LogP contribution in [-0.4, -0.2) is 36.7 Å². The summed E-state index contributed by atoms with van der Waals surface area (Å²) in [5, 5.41) is 18.5. The fourth-order valence-corrected chi connectivity index (χ4v) is 3.98. The minimum Gasteiger partial charge on any atom is -0.383 e. The Kier molecular flexibility index (Phi) is 6.60. The van der Waals surface area contributed by atoms with Gasteiger partial charge in [-0.05, 0) is 35.8 Å². The summed E-state index contributed by atoms with van der Waals surface area (Å²) < 4.78 is 5.40.